The van der Waals surface area contributed by atoms with E-state index in [9.17, 15) is 9.59 Å². The normalized spacial score (nSPS) is 14.6. The van der Waals surface area contributed by atoms with Crippen LogP contribution in [-0.2, 0) is 17.9 Å². The summed E-state index contributed by atoms with van der Waals surface area (Å²) in [4.78, 5) is 29.2. The van der Waals surface area contributed by atoms with Gasteiger partial charge < -0.3 is 5.32 Å². The first-order valence-corrected chi connectivity index (χ1v) is 9.92. The fourth-order valence-corrected chi connectivity index (χ4v) is 3.90. The molecule has 0 atom stereocenters. The van der Waals surface area contributed by atoms with Gasteiger partial charge in [-0.15, -0.1) is 0 Å². The number of fused-ring (bicyclic) bond motifs is 1. The van der Waals surface area contributed by atoms with Crippen LogP contribution in [0.25, 0.3) is 11.0 Å². The molecule has 4 rings (SSSR count). The van der Waals surface area contributed by atoms with Crippen LogP contribution >= 0.6 is 0 Å². The van der Waals surface area contributed by atoms with Gasteiger partial charge in [-0.3, -0.25) is 14.2 Å². The maximum Gasteiger partial charge on any atom is 0.264 e. The van der Waals surface area contributed by atoms with E-state index in [0.717, 1.165) is 18.4 Å². The molecule has 0 aliphatic heterocycles. The van der Waals surface area contributed by atoms with Gasteiger partial charge in [0.25, 0.3) is 5.56 Å². The van der Waals surface area contributed by atoms with Crippen molar-refractivity contribution in [3.05, 3.63) is 58.8 Å². The Hall–Kier alpha value is -2.96. The zero-order chi connectivity index (χ0) is 19.3. The first-order chi connectivity index (χ1) is 13.7. The molecule has 2 heterocycles. The number of nitrogens with one attached hydrogen (secondary N) is 1. The van der Waals surface area contributed by atoms with Gasteiger partial charge in [-0.2, -0.15) is 5.10 Å². The molecule has 1 aromatic carbocycles. The van der Waals surface area contributed by atoms with Crippen LogP contribution in [0.3, 0.4) is 0 Å². The first-order valence-electron chi connectivity index (χ1n) is 9.92. The third kappa shape index (κ3) is 4.13. The van der Waals surface area contributed by atoms with Crippen molar-refractivity contribution in [3.8, 4) is 0 Å². The van der Waals surface area contributed by atoms with E-state index >= 15 is 0 Å². The van der Waals surface area contributed by atoms with Crippen LogP contribution in [0.5, 0.6) is 0 Å². The van der Waals surface area contributed by atoms with Crippen molar-refractivity contribution in [2.75, 3.05) is 6.54 Å². The van der Waals surface area contributed by atoms with Crippen LogP contribution in [0.2, 0.25) is 0 Å². The quantitative estimate of drug-likeness (QED) is 0.683. The van der Waals surface area contributed by atoms with Crippen molar-refractivity contribution < 1.29 is 4.79 Å². The maximum atomic E-state index is 12.7. The molecule has 1 N–H and O–H groups in total. The lowest BCUT2D eigenvalue weighted by Gasteiger charge is -2.10. The smallest absolute Gasteiger partial charge is 0.264 e. The largest absolute Gasteiger partial charge is 0.354 e. The second-order valence-electron chi connectivity index (χ2n) is 7.47. The number of carbonyl (C=O) groups is 1. The second kappa shape index (κ2) is 8.37. The average Bonchev–Trinajstić information content (AvgIpc) is 3.35. The fourth-order valence-electron chi connectivity index (χ4n) is 3.90. The van der Waals surface area contributed by atoms with Crippen molar-refractivity contribution in [1.82, 2.24) is 24.6 Å². The number of carbonyl (C=O) groups excluding carboxylic acids is 1. The van der Waals surface area contributed by atoms with Gasteiger partial charge in [-0.1, -0.05) is 43.2 Å². The van der Waals surface area contributed by atoms with E-state index in [1.54, 1.807) is 21.8 Å². The summed E-state index contributed by atoms with van der Waals surface area (Å²) in [5.74, 6) is 0.636. The van der Waals surface area contributed by atoms with Crippen LogP contribution in [0.4, 0.5) is 0 Å². The Bertz CT molecular complexity index is 1000. The topological polar surface area (TPSA) is 81.8 Å². The minimum atomic E-state index is -0.106. The molecular weight excluding hydrogens is 354 g/mol. The highest BCUT2D eigenvalue weighted by Crippen LogP contribution is 2.27. The number of aromatic nitrogens is 4. The zero-order valence-electron chi connectivity index (χ0n) is 15.9. The van der Waals surface area contributed by atoms with E-state index in [1.165, 1.54) is 12.8 Å². The molecule has 0 unspecified atom stereocenters. The molecule has 1 saturated carbocycles. The van der Waals surface area contributed by atoms with Crippen molar-refractivity contribution in [3.63, 3.8) is 0 Å². The average molecular weight is 379 g/mol. The molecule has 1 amide bonds. The van der Waals surface area contributed by atoms with E-state index in [0.29, 0.717) is 43.0 Å². The Morgan fingerprint density at radius 2 is 1.96 bits per heavy atom. The summed E-state index contributed by atoms with van der Waals surface area (Å²) in [6, 6.07) is 9.81. The Kier molecular flexibility index (Phi) is 5.50. The van der Waals surface area contributed by atoms with Gasteiger partial charge in [0.2, 0.25) is 5.91 Å². The Labute approximate surface area is 163 Å². The molecule has 3 aromatic rings. The van der Waals surface area contributed by atoms with Gasteiger partial charge >= 0.3 is 0 Å². The van der Waals surface area contributed by atoms with Gasteiger partial charge in [0.15, 0.2) is 5.65 Å². The monoisotopic (exact) mass is 379 g/mol. The van der Waals surface area contributed by atoms with E-state index < -0.39 is 0 Å². The van der Waals surface area contributed by atoms with E-state index in [2.05, 4.69) is 15.4 Å². The van der Waals surface area contributed by atoms with Crippen LogP contribution in [0.1, 0.15) is 37.7 Å². The van der Waals surface area contributed by atoms with Crippen LogP contribution < -0.4 is 10.9 Å². The third-order valence-electron chi connectivity index (χ3n) is 5.41. The van der Waals surface area contributed by atoms with Gasteiger partial charge in [0, 0.05) is 13.0 Å². The molecule has 0 saturated heterocycles. The molecule has 2 aromatic heterocycles. The van der Waals surface area contributed by atoms with Crippen molar-refractivity contribution >= 4 is 16.9 Å². The van der Waals surface area contributed by atoms with E-state index in [4.69, 9.17) is 0 Å². The summed E-state index contributed by atoms with van der Waals surface area (Å²) in [6.45, 7) is 1.46. The minimum Gasteiger partial charge on any atom is -0.354 e. The number of hydrogen-bond acceptors (Lipinski definition) is 4. The standard InChI is InChI=1S/C21H25N5O2/c27-19(12-16-6-4-5-7-16)22-10-11-26-20-18(13-24-26)21(28)25(15-23-20)14-17-8-2-1-3-9-17/h1-3,8-9,13,15-16H,4-7,10-12,14H2,(H,22,27). The lowest BCUT2D eigenvalue weighted by Crippen LogP contribution is -2.29. The van der Waals surface area contributed by atoms with Crippen LogP contribution in [0, 0.1) is 5.92 Å². The summed E-state index contributed by atoms with van der Waals surface area (Å²) in [5.41, 5.74) is 1.49. The number of rotatable bonds is 7. The van der Waals surface area contributed by atoms with Crippen molar-refractivity contribution in [2.24, 2.45) is 5.92 Å². The molecule has 146 valence electrons. The number of amides is 1. The molecule has 0 bridgehead atoms. The highest BCUT2D eigenvalue weighted by atomic mass is 16.1. The van der Waals surface area contributed by atoms with E-state index in [1.807, 2.05) is 30.3 Å². The molecule has 1 aliphatic rings. The highest BCUT2D eigenvalue weighted by molar-refractivity contribution is 5.76. The molecule has 7 heteroatoms. The Balaban J connectivity index is 1.39. The lowest BCUT2D eigenvalue weighted by molar-refractivity contribution is -0.122. The van der Waals surface area contributed by atoms with Gasteiger partial charge in [0.05, 0.1) is 19.3 Å². The summed E-state index contributed by atoms with van der Waals surface area (Å²) in [5, 5.41) is 7.75. The fraction of sp³-hybridized carbons (Fsp3) is 0.429. The Morgan fingerprint density at radius 1 is 1.18 bits per heavy atom. The van der Waals surface area contributed by atoms with Gasteiger partial charge in [-0.05, 0) is 24.3 Å². The lowest BCUT2D eigenvalue weighted by atomic mass is 10.0. The zero-order valence-corrected chi connectivity index (χ0v) is 15.9. The van der Waals surface area contributed by atoms with Crippen molar-refractivity contribution in [1.29, 1.82) is 0 Å². The summed E-state index contributed by atoms with van der Waals surface area (Å²) < 4.78 is 3.27. The van der Waals surface area contributed by atoms with Gasteiger partial charge in [0.1, 0.15) is 11.7 Å². The molecule has 7 nitrogen and oxygen atoms in total. The van der Waals surface area contributed by atoms with Crippen molar-refractivity contribution in [2.45, 2.75) is 45.2 Å². The predicted octanol–water partition coefficient (Wildman–Crippen LogP) is 2.34. The van der Waals surface area contributed by atoms with Crippen LogP contribution in [-0.4, -0.2) is 31.8 Å². The molecule has 0 radical (unpaired) electrons. The highest BCUT2D eigenvalue weighted by Gasteiger charge is 2.18. The molecule has 1 fully saturated rings. The third-order valence-corrected chi connectivity index (χ3v) is 5.41. The number of hydrogen-bond donors (Lipinski definition) is 1. The second-order valence-corrected chi connectivity index (χ2v) is 7.47. The van der Waals surface area contributed by atoms with E-state index in [-0.39, 0.29) is 11.5 Å². The summed E-state index contributed by atoms with van der Waals surface area (Å²) in [7, 11) is 0. The number of benzene rings is 1. The first kappa shape index (κ1) is 18.4. The number of nitrogens with zero attached hydrogens (tertiary/aromatic N) is 4. The van der Waals surface area contributed by atoms with Gasteiger partial charge in [-0.25, -0.2) is 9.67 Å². The SMILES string of the molecule is O=C(CC1CCCC1)NCCn1ncc2c(=O)n(Cc3ccccc3)cnc21. The Morgan fingerprint density at radius 3 is 2.75 bits per heavy atom. The van der Waals surface area contributed by atoms with Crippen LogP contribution in [0.15, 0.2) is 47.7 Å². The maximum absolute atomic E-state index is 12.7. The molecule has 0 spiro atoms. The summed E-state index contributed by atoms with van der Waals surface area (Å²) in [6.07, 6.45) is 8.55. The predicted molar refractivity (Wildman–Crippen MR) is 107 cm³/mol. The molecule has 28 heavy (non-hydrogen) atoms. The molecule has 1 aliphatic carbocycles. The molecular formula is C21H25N5O2. The summed E-state index contributed by atoms with van der Waals surface area (Å²) >= 11 is 0. The minimum absolute atomic E-state index is 0.0986.